The van der Waals surface area contributed by atoms with Crippen LogP contribution in [0.25, 0.3) is 21.3 Å². The zero-order chi connectivity index (χ0) is 23.7. The zero-order valence-electron chi connectivity index (χ0n) is 19.1. The van der Waals surface area contributed by atoms with E-state index in [0.717, 1.165) is 50.5 Å². The van der Waals surface area contributed by atoms with E-state index in [0.29, 0.717) is 37.9 Å². The number of rotatable bonds is 6. The van der Waals surface area contributed by atoms with Gasteiger partial charge in [0.05, 0.1) is 23.4 Å². The Balaban J connectivity index is 1.52. The number of thiophene rings is 1. The van der Waals surface area contributed by atoms with Crippen LogP contribution >= 0.6 is 22.9 Å². The number of ether oxygens (including phenoxy) is 2. The molecule has 2 aromatic heterocycles. The van der Waals surface area contributed by atoms with Gasteiger partial charge in [-0.05, 0) is 43.2 Å². The van der Waals surface area contributed by atoms with Gasteiger partial charge >= 0.3 is 0 Å². The van der Waals surface area contributed by atoms with Crippen molar-refractivity contribution in [1.82, 2.24) is 15.2 Å². The summed E-state index contributed by atoms with van der Waals surface area (Å²) in [5.41, 5.74) is 3.72. The van der Waals surface area contributed by atoms with Gasteiger partial charge in [-0.15, -0.1) is 11.3 Å². The summed E-state index contributed by atoms with van der Waals surface area (Å²) in [6.45, 7) is 4.92. The van der Waals surface area contributed by atoms with Crippen LogP contribution in [-0.2, 0) is 16.1 Å². The van der Waals surface area contributed by atoms with Crippen molar-refractivity contribution in [3.8, 4) is 16.9 Å². The van der Waals surface area contributed by atoms with E-state index >= 15 is 0 Å². The lowest BCUT2D eigenvalue weighted by atomic mass is 10.0. The third-order valence-electron chi connectivity index (χ3n) is 6.40. The van der Waals surface area contributed by atoms with Crippen LogP contribution in [0.1, 0.15) is 23.3 Å². The maximum Gasteiger partial charge on any atom is 0.224 e. The van der Waals surface area contributed by atoms with Crippen LogP contribution in [0.4, 0.5) is 0 Å². The lowest BCUT2D eigenvalue weighted by molar-refractivity contribution is -0.134. The van der Waals surface area contributed by atoms with Crippen molar-refractivity contribution in [2.45, 2.75) is 32.4 Å². The van der Waals surface area contributed by atoms with E-state index in [1.807, 2.05) is 31.2 Å². The molecule has 7 nitrogen and oxygen atoms in total. The first kappa shape index (κ1) is 23.5. The minimum atomic E-state index is -0.117. The number of amides is 1. The van der Waals surface area contributed by atoms with Crippen molar-refractivity contribution >= 4 is 39.1 Å². The van der Waals surface area contributed by atoms with Crippen molar-refractivity contribution < 1.29 is 19.4 Å². The molecule has 2 N–H and O–H groups in total. The second kappa shape index (κ2) is 10.2. The van der Waals surface area contributed by atoms with Crippen LogP contribution in [0.3, 0.4) is 0 Å². The predicted molar refractivity (Wildman–Crippen MR) is 133 cm³/mol. The Morgan fingerprint density at radius 3 is 3.06 bits per heavy atom. The highest BCUT2D eigenvalue weighted by molar-refractivity contribution is 7.19. The van der Waals surface area contributed by atoms with Crippen LogP contribution in [-0.4, -0.2) is 60.0 Å². The monoisotopic (exact) mass is 501 g/mol. The van der Waals surface area contributed by atoms with Crippen LogP contribution in [0.5, 0.6) is 5.75 Å². The van der Waals surface area contributed by atoms with Gasteiger partial charge in [-0.3, -0.25) is 9.78 Å². The first-order valence-corrected chi connectivity index (χ1v) is 12.7. The number of halogens is 1. The molecule has 34 heavy (non-hydrogen) atoms. The van der Waals surface area contributed by atoms with Crippen LogP contribution < -0.4 is 10.1 Å². The molecule has 0 saturated carbocycles. The van der Waals surface area contributed by atoms with E-state index in [4.69, 9.17) is 21.1 Å². The van der Waals surface area contributed by atoms with Gasteiger partial charge in [0.15, 0.2) is 0 Å². The molecule has 1 aromatic carbocycles. The molecule has 3 aromatic rings. The Bertz CT molecular complexity index is 1200. The third kappa shape index (κ3) is 4.78. The van der Waals surface area contributed by atoms with Crippen molar-refractivity contribution in [3.05, 3.63) is 45.9 Å². The van der Waals surface area contributed by atoms with Crippen molar-refractivity contribution in [3.63, 3.8) is 0 Å². The molecule has 0 bridgehead atoms. The lowest BCUT2D eigenvalue weighted by Crippen LogP contribution is -2.30. The normalized spacial score (nSPS) is 21.3. The first-order chi connectivity index (χ1) is 16.5. The summed E-state index contributed by atoms with van der Waals surface area (Å²) >= 11 is 8.11. The average Bonchev–Trinajstić information content (AvgIpc) is 3.39. The largest absolute Gasteiger partial charge is 0.488 e. The van der Waals surface area contributed by atoms with Crippen molar-refractivity contribution in [2.75, 3.05) is 33.0 Å². The Hall–Kier alpha value is -2.23. The van der Waals surface area contributed by atoms with Crippen molar-refractivity contribution in [2.24, 2.45) is 5.92 Å². The van der Waals surface area contributed by atoms with Gasteiger partial charge in [-0.1, -0.05) is 11.6 Å². The summed E-state index contributed by atoms with van der Waals surface area (Å²) in [6.07, 6.45) is 2.95. The molecule has 1 amide bonds. The summed E-state index contributed by atoms with van der Waals surface area (Å²) in [7, 11) is 0. The number of hydrogen-bond acceptors (Lipinski definition) is 7. The fourth-order valence-electron chi connectivity index (χ4n) is 4.60. The molecule has 2 aliphatic heterocycles. The van der Waals surface area contributed by atoms with Gasteiger partial charge in [-0.25, -0.2) is 0 Å². The van der Waals surface area contributed by atoms with Crippen molar-refractivity contribution in [1.29, 1.82) is 0 Å². The van der Waals surface area contributed by atoms with Gasteiger partial charge in [-0.2, -0.15) is 0 Å². The molecular formula is C25H28ClN3O4S. The van der Waals surface area contributed by atoms with E-state index in [2.05, 4.69) is 10.3 Å². The summed E-state index contributed by atoms with van der Waals surface area (Å²) in [4.78, 5) is 19.8. The molecule has 2 fully saturated rings. The molecule has 0 unspecified atom stereocenters. The molecule has 0 radical (unpaired) electrons. The number of benzene rings is 1. The number of nitrogens with one attached hydrogen (secondary N) is 1. The molecule has 4 heterocycles. The Morgan fingerprint density at radius 1 is 1.32 bits per heavy atom. The number of aliphatic hydroxyl groups is 1. The highest BCUT2D eigenvalue weighted by Gasteiger charge is 2.30. The molecule has 0 aliphatic carbocycles. The van der Waals surface area contributed by atoms with Gasteiger partial charge in [0.1, 0.15) is 18.6 Å². The third-order valence-corrected chi connectivity index (χ3v) is 7.76. The first-order valence-electron chi connectivity index (χ1n) is 11.5. The van der Waals surface area contributed by atoms with Crippen LogP contribution in [0, 0.1) is 12.8 Å². The number of carbonyl (C=O) groups is 1. The molecule has 0 spiro atoms. The number of pyridine rings is 1. The Morgan fingerprint density at radius 2 is 2.21 bits per heavy atom. The minimum absolute atomic E-state index is 0.0436. The van der Waals surface area contributed by atoms with Crippen LogP contribution in [0.15, 0.2) is 30.5 Å². The fourth-order valence-corrected chi connectivity index (χ4v) is 6.03. The quantitative estimate of drug-likeness (QED) is 0.531. The molecule has 2 aliphatic rings. The predicted octanol–water partition coefficient (Wildman–Crippen LogP) is 3.98. The standard InChI is InChI=1S/C25H28ClN3O4S/c1-15-7-17(26)8-20(24(15)33-22-11-27-10-16(22)13-30)19-4-5-28-21-9-18(34-25(19)21)12-29-14-32-6-2-3-23(29)31/h4-5,7-9,16,22,27,30H,2-3,6,10-14H2,1H3/t16-,22-/m1/s1. The zero-order valence-corrected chi connectivity index (χ0v) is 20.6. The number of aromatic nitrogens is 1. The highest BCUT2D eigenvalue weighted by Crippen LogP contribution is 2.42. The van der Waals surface area contributed by atoms with E-state index in [9.17, 15) is 9.90 Å². The summed E-state index contributed by atoms with van der Waals surface area (Å²) in [6, 6.07) is 7.86. The van der Waals surface area contributed by atoms with E-state index in [1.165, 1.54) is 0 Å². The number of aliphatic hydroxyl groups excluding tert-OH is 1. The van der Waals surface area contributed by atoms with Gasteiger partial charge < -0.3 is 24.8 Å². The maximum absolute atomic E-state index is 12.4. The van der Waals surface area contributed by atoms with E-state index in [1.54, 1.807) is 22.4 Å². The SMILES string of the molecule is Cc1cc(Cl)cc(-c2ccnc3cc(CN4COCCCC4=O)sc23)c1O[C@@H]1CNC[C@@H]1CO. The summed E-state index contributed by atoms with van der Waals surface area (Å²) in [5.74, 6) is 0.935. The average molecular weight is 502 g/mol. The molecule has 180 valence electrons. The second-order valence-corrected chi connectivity index (χ2v) is 10.4. The molecular weight excluding hydrogens is 474 g/mol. The Labute approximate surface area is 207 Å². The number of aryl methyl sites for hydroxylation is 1. The van der Waals surface area contributed by atoms with Gasteiger partial charge in [0.25, 0.3) is 0 Å². The lowest BCUT2D eigenvalue weighted by Gasteiger charge is -2.23. The minimum Gasteiger partial charge on any atom is -0.488 e. The molecule has 2 atom stereocenters. The summed E-state index contributed by atoms with van der Waals surface area (Å²) < 4.78 is 13.1. The number of hydrogen-bond donors (Lipinski definition) is 2. The molecule has 2 saturated heterocycles. The number of nitrogens with zero attached hydrogens (tertiary/aromatic N) is 2. The maximum atomic E-state index is 12.4. The van der Waals surface area contributed by atoms with Gasteiger partial charge in [0, 0.05) is 59.3 Å². The fraction of sp³-hybridized carbons (Fsp3) is 0.440. The van der Waals surface area contributed by atoms with Crippen LogP contribution in [0.2, 0.25) is 5.02 Å². The topological polar surface area (TPSA) is 83.9 Å². The Kier molecular flexibility index (Phi) is 7.04. The van der Waals surface area contributed by atoms with E-state index in [-0.39, 0.29) is 24.5 Å². The number of fused-ring (bicyclic) bond motifs is 1. The second-order valence-electron chi connectivity index (χ2n) is 8.87. The summed E-state index contributed by atoms with van der Waals surface area (Å²) in [5, 5.41) is 13.7. The van der Waals surface area contributed by atoms with E-state index < -0.39 is 0 Å². The highest BCUT2D eigenvalue weighted by atomic mass is 35.5. The smallest absolute Gasteiger partial charge is 0.224 e. The molecule has 5 rings (SSSR count). The molecule has 9 heteroatoms. The van der Waals surface area contributed by atoms with Gasteiger partial charge in [0.2, 0.25) is 5.91 Å². The number of carbonyl (C=O) groups excluding carboxylic acids is 1.